The number of amides is 1. The van der Waals surface area contributed by atoms with Gasteiger partial charge < -0.3 is 15.4 Å². The van der Waals surface area contributed by atoms with Crippen LogP contribution < -0.4 is 15.4 Å². The molecule has 1 aromatic rings. The number of anilines is 1. The fraction of sp³-hybridized carbons (Fsp3) is 0.500. The van der Waals surface area contributed by atoms with Crippen molar-refractivity contribution in [2.75, 3.05) is 19.0 Å². The van der Waals surface area contributed by atoms with Gasteiger partial charge in [0.05, 0.1) is 18.3 Å². The summed E-state index contributed by atoms with van der Waals surface area (Å²) in [5, 5.41) is 5.84. The van der Waals surface area contributed by atoms with Gasteiger partial charge in [0.25, 0.3) is 0 Å². The molecule has 1 amide bonds. The SMILES string of the molecule is COc1ccc(F)c(NC(=O)C2(C)CCCCN2)c1. The van der Waals surface area contributed by atoms with Crippen LogP contribution in [0.5, 0.6) is 5.75 Å². The smallest absolute Gasteiger partial charge is 0.244 e. The Labute approximate surface area is 112 Å². The van der Waals surface area contributed by atoms with E-state index in [1.807, 2.05) is 6.92 Å². The van der Waals surface area contributed by atoms with E-state index in [1.165, 1.54) is 25.3 Å². The van der Waals surface area contributed by atoms with Gasteiger partial charge in [0, 0.05) is 6.07 Å². The second-order valence-electron chi connectivity index (χ2n) is 5.02. The molecule has 1 fully saturated rings. The number of methoxy groups -OCH3 is 1. The number of piperidine rings is 1. The Kier molecular flexibility index (Phi) is 4.04. The number of carbonyl (C=O) groups is 1. The molecule has 1 aliphatic rings. The molecule has 5 heteroatoms. The highest BCUT2D eigenvalue weighted by molar-refractivity contribution is 5.98. The number of nitrogens with one attached hydrogen (secondary N) is 2. The summed E-state index contributed by atoms with van der Waals surface area (Å²) in [4.78, 5) is 12.3. The van der Waals surface area contributed by atoms with Crippen LogP contribution in [0, 0.1) is 5.82 Å². The van der Waals surface area contributed by atoms with Crippen molar-refractivity contribution < 1.29 is 13.9 Å². The molecular weight excluding hydrogens is 247 g/mol. The molecule has 2 N–H and O–H groups in total. The van der Waals surface area contributed by atoms with Crippen molar-refractivity contribution in [3.05, 3.63) is 24.0 Å². The number of carbonyl (C=O) groups excluding carboxylic acids is 1. The van der Waals surface area contributed by atoms with E-state index >= 15 is 0 Å². The van der Waals surface area contributed by atoms with Gasteiger partial charge in [-0.2, -0.15) is 0 Å². The highest BCUT2D eigenvalue weighted by Crippen LogP contribution is 2.24. The van der Waals surface area contributed by atoms with E-state index in [2.05, 4.69) is 10.6 Å². The van der Waals surface area contributed by atoms with Crippen LogP contribution in [0.25, 0.3) is 0 Å². The van der Waals surface area contributed by atoms with E-state index < -0.39 is 11.4 Å². The number of hydrogen-bond donors (Lipinski definition) is 2. The molecule has 1 unspecified atom stereocenters. The Morgan fingerprint density at radius 2 is 2.26 bits per heavy atom. The first-order valence-corrected chi connectivity index (χ1v) is 6.45. The molecule has 0 bridgehead atoms. The Bertz CT molecular complexity index is 471. The molecule has 0 aliphatic carbocycles. The zero-order chi connectivity index (χ0) is 13.9. The molecule has 4 nitrogen and oxygen atoms in total. The molecule has 19 heavy (non-hydrogen) atoms. The van der Waals surface area contributed by atoms with E-state index in [4.69, 9.17) is 4.74 Å². The van der Waals surface area contributed by atoms with Crippen LogP contribution >= 0.6 is 0 Å². The molecule has 1 heterocycles. The summed E-state index contributed by atoms with van der Waals surface area (Å²) in [5.41, 5.74) is -0.480. The molecule has 1 saturated heterocycles. The standard InChI is InChI=1S/C14H19FN2O2/c1-14(7-3-4-8-16-14)13(18)17-12-9-10(19-2)5-6-11(12)15/h5-6,9,16H,3-4,7-8H2,1-2H3,(H,17,18). The minimum atomic E-state index is -0.631. The van der Waals surface area contributed by atoms with Crippen LogP contribution in [0.1, 0.15) is 26.2 Å². The third-order valence-electron chi connectivity index (χ3n) is 3.54. The van der Waals surface area contributed by atoms with Gasteiger partial charge in [0.2, 0.25) is 5.91 Å². The molecule has 0 spiro atoms. The summed E-state index contributed by atoms with van der Waals surface area (Å²) >= 11 is 0. The van der Waals surface area contributed by atoms with Gasteiger partial charge in [0.1, 0.15) is 11.6 Å². The minimum absolute atomic E-state index is 0.151. The molecule has 1 aromatic carbocycles. The molecule has 1 aliphatic heterocycles. The van der Waals surface area contributed by atoms with Crippen molar-refractivity contribution in [3.8, 4) is 5.75 Å². The van der Waals surface area contributed by atoms with Crippen LogP contribution in [0.15, 0.2) is 18.2 Å². The van der Waals surface area contributed by atoms with Gasteiger partial charge in [0.15, 0.2) is 0 Å². The summed E-state index contributed by atoms with van der Waals surface area (Å²) in [5.74, 6) is -0.161. The topological polar surface area (TPSA) is 50.4 Å². The molecule has 0 saturated carbocycles. The van der Waals surface area contributed by atoms with Gasteiger partial charge in [-0.15, -0.1) is 0 Å². The monoisotopic (exact) mass is 266 g/mol. The maximum absolute atomic E-state index is 13.7. The first-order chi connectivity index (χ1) is 9.05. The first-order valence-electron chi connectivity index (χ1n) is 6.45. The number of hydrogen-bond acceptors (Lipinski definition) is 3. The summed E-state index contributed by atoms with van der Waals surface area (Å²) < 4.78 is 18.7. The maximum Gasteiger partial charge on any atom is 0.244 e. The first kappa shape index (κ1) is 13.8. The van der Waals surface area contributed by atoms with Crippen molar-refractivity contribution in [1.82, 2.24) is 5.32 Å². The van der Waals surface area contributed by atoms with Crippen molar-refractivity contribution in [2.45, 2.75) is 31.7 Å². The average Bonchev–Trinajstić information content (AvgIpc) is 2.42. The second-order valence-corrected chi connectivity index (χ2v) is 5.02. The summed E-state index contributed by atoms with van der Waals surface area (Å²) in [7, 11) is 1.50. The van der Waals surface area contributed by atoms with Gasteiger partial charge in [-0.3, -0.25) is 4.79 Å². The van der Waals surface area contributed by atoms with E-state index in [-0.39, 0.29) is 11.6 Å². The number of rotatable bonds is 3. The number of benzene rings is 1. The lowest BCUT2D eigenvalue weighted by atomic mass is 9.90. The zero-order valence-electron chi connectivity index (χ0n) is 11.3. The molecular formula is C14H19FN2O2. The minimum Gasteiger partial charge on any atom is -0.497 e. The molecule has 104 valence electrons. The van der Waals surface area contributed by atoms with Crippen LogP contribution in [0.4, 0.5) is 10.1 Å². The molecule has 2 rings (SSSR count). The second kappa shape index (κ2) is 5.57. The normalized spacial score (nSPS) is 22.9. The number of ether oxygens (including phenoxy) is 1. The predicted molar refractivity (Wildman–Crippen MR) is 71.8 cm³/mol. The molecule has 0 radical (unpaired) electrons. The Morgan fingerprint density at radius 1 is 1.47 bits per heavy atom. The van der Waals surface area contributed by atoms with E-state index in [0.717, 1.165) is 25.8 Å². The van der Waals surface area contributed by atoms with Crippen LogP contribution in [0.2, 0.25) is 0 Å². The van der Waals surface area contributed by atoms with E-state index in [0.29, 0.717) is 5.75 Å². The van der Waals surface area contributed by atoms with Gasteiger partial charge in [-0.25, -0.2) is 4.39 Å². The quantitative estimate of drug-likeness (QED) is 0.882. The van der Waals surface area contributed by atoms with Crippen molar-refractivity contribution in [1.29, 1.82) is 0 Å². The summed E-state index contributed by atoms with van der Waals surface area (Å²) in [6.45, 7) is 2.66. The van der Waals surface area contributed by atoms with E-state index in [1.54, 1.807) is 0 Å². The summed E-state index contributed by atoms with van der Waals surface area (Å²) in [6, 6.07) is 4.29. The van der Waals surface area contributed by atoms with Crippen LogP contribution in [-0.4, -0.2) is 25.1 Å². The third kappa shape index (κ3) is 3.04. The average molecular weight is 266 g/mol. The predicted octanol–water partition coefficient (Wildman–Crippen LogP) is 2.30. The van der Waals surface area contributed by atoms with Gasteiger partial charge in [-0.1, -0.05) is 0 Å². The molecule has 1 atom stereocenters. The fourth-order valence-electron chi connectivity index (χ4n) is 2.24. The highest BCUT2D eigenvalue weighted by atomic mass is 19.1. The maximum atomic E-state index is 13.7. The lowest BCUT2D eigenvalue weighted by molar-refractivity contribution is -0.122. The fourth-order valence-corrected chi connectivity index (χ4v) is 2.24. The summed E-state index contributed by atoms with van der Waals surface area (Å²) in [6.07, 6.45) is 2.82. The van der Waals surface area contributed by atoms with Crippen molar-refractivity contribution >= 4 is 11.6 Å². The Morgan fingerprint density at radius 3 is 2.89 bits per heavy atom. The highest BCUT2D eigenvalue weighted by Gasteiger charge is 2.34. The lowest BCUT2D eigenvalue weighted by Gasteiger charge is -2.33. The Balaban J connectivity index is 2.14. The number of halogens is 1. The molecule has 0 aromatic heterocycles. The van der Waals surface area contributed by atoms with Crippen LogP contribution in [0.3, 0.4) is 0 Å². The zero-order valence-corrected chi connectivity index (χ0v) is 11.3. The van der Waals surface area contributed by atoms with E-state index in [9.17, 15) is 9.18 Å². The van der Waals surface area contributed by atoms with Crippen LogP contribution in [-0.2, 0) is 4.79 Å². The third-order valence-corrected chi connectivity index (χ3v) is 3.54. The Hall–Kier alpha value is -1.62. The lowest BCUT2D eigenvalue weighted by Crippen LogP contribution is -2.54. The van der Waals surface area contributed by atoms with Gasteiger partial charge >= 0.3 is 0 Å². The van der Waals surface area contributed by atoms with Crippen molar-refractivity contribution in [3.63, 3.8) is 0 Å². The largest absolute Gasteiger partial charge is 0.497 e. The van der Waals surface area contributed by atoms with Crippen molar-refractivity contribution in [2.24, 2.45) is 0 Å². The van der Waals surface area contributed by atoms with Gasteiger partial charge in [-0.05, 0) is 44.9 Å².